The molecular formula is C20H17N2O5-. The van der Waals surface area contributed by atoms with Crippen molar-refractivity contribution in [1.29, 1.82) is 0 Å². The van der Waals surface area contributed by atoms with Crippen LogP contribution in [-0.4, -0.2) is 25.7 Å². The third-order valence-electron chi connectivity index (χ3n) is 5.23. The number of carboxylic acid groups (broad SMARTS) is 1. The minimum atomic E-state index is -2.37. The number of fused-ring (bicyclic) bond motifs is 4. The van der Waals surface area contributed by atoms with Gasteiger partial charge in [-0.05, 0) is 24.6 Å². The summed E-state index contributed by atoms with van der Waals surface area (Å²) in [6.45, 7) is 1.06. The van der Waals surface area contributed by atoms with Crippen LogP contribution in [0.4, 0.5) is 0 Å². The van der Waals surface area contributed by atoms with Gasteiger partial charge in [-0.15, -0.1) is 0 Å². The average Bonchev–Trinajstić information content (AvgIpc) is 3.03. The van der Waals surface area contributed by atoms with Gasteiger partial charge >= 0.3 is 0 Å². The molecule has 0 saturated carbocycles. The Kier molecular flexibility index (Phi) is 3.87. The Morgan fingerprint density at radius 2 is 2.07 bits per heavy atom. The number of rotatable bonds is 4. The van der Waals surface area contributed by atoms with Gasteiger partial charge in [-0.1, -0.05) is 25.1 Å². The lowest BCUT2D eigenvalue weighted by Crippen LogP contribution is -2.47. The van der Waals surface area contributed by atoms with Gasteiger partial charge in [0.1, 0.15) is 5.60 Å². The number of aromatic nitrogens is 2. The van der Waals surface area contributed by atoms with Crippen molar-refractivity contribution in [3.05, 3.63) is 63.4 Å². The number of carboxylic acids is 1. The monoisotopic (exact) mass is 365 g/mol. The highest BCUT2D eigenvalue weighted by atomic mass is 16.4. The van der Waals surface area contributed by atoms with Gasteiger partial charge in [-0.25, -0.2) is 4.98 Å². The Labute approximate surface area is 154 Å². The van der Waals surface area contributed by atoms with Crippen molar-refractivity contribution in [2.24, 2.45) is 0 Å². The number of hydrogen-bond donors (Lipinski definition) is 2. The smallest absolute Gasteiger partial charge is 0.257 e. The van der Waals surface area contributed by atoms with Crippen molar-refractivity contribution in [2.75, 3.05) is 0 Å². The quantitative estimate of drug-likeness (QED) is 0.536. The molecule has 7 nitrogen and oxygen atoms in total. The fraction of sp³-hybridized carbons (Fsp3) is 0.250. The van der Waals surface area contributed by atoms with Gasteiger partial charge in [0.05, 0.1) is 36.0 Å². The SMILES string of the molecule is CC[C@@](O)(C(=O)[O-])c1cc2n(c(=O)c1CO)Cc1cc3ccccc3nc1-2. The molecule has 0 bridgehead atoms. The number of benzene rings is 1. The summed E-state index contributed by atoms with van der Waals surface area (Å²) in [5, 5.41) is 32.8. The molecule has 0 aliphatic carbocycles. The lowest BCUT2D eigenvalue weighted by Gasteiger charge is -2.30. The topological polar surface area (TPSA) is 115 Å². The Bertz CT molecular complexity index is 1150. The van der Waals surface area contributed by atoms with E-state index in [0.717, 1.165) is 16.5 Å². The van der Waals surface area contributed by atoms with E-state index in [1.54, 1.807) is 0 Å². The van der Waals surface area contributed by atoms with E-state index in [-0.39, 0.29) is 24.1 Å². The zero-order valence-electron chi connectivity index (χ0n) is 14.6. The summed E-state index contributed by atoms with van der Waals surface area (Å²) in [4.78, 5) is 29.1. The zero-order chi connectivity index (χ0) is 19.3. The second-order valence-corrected chi connectivity index (χ2v) is 6.66. The van der Waals surface area contributed by atoms with Gasteiger partial charge in [-0.2, -0.15) is 0 Å². The second kappa shape index (κ2) is 6.00. The van der Waals surface area contributed by atoms with E-state index in [4.69, 9.17) is 0 Å². The van der Waals surface area contributed by atoms with E-state index in [2.05, 4.69) is 4.98 Å². The molecule has 0 spiro atoms. The summed E-state index contributed by atoms with van der Waals surface area (Å²) in [6.07, 6.45) is -0.205. The van der Waals surface area contributed by atoms with Crippen LogP contribution in [-0.2, 0) is 23.5 Å². The van der Waals surface area contributed by atoms with Crippen molar-refractivity contribution < 1.29 is 20.1 Å². The molecule has 2 aromatic heterocycles. The van der Waals surface area contributed by atoms with Crippen LogP contribution in [0.15, 0.2) is 41.2 Å². The van der Waals surface area contributed by atoms with E-state index in [0.29, 0.717) is 11.4 Å². The maximum Gasteiger partial charge on any atom is 0.257 e. The van der Waals surface area contributed by atoms with E-state index < -0.39 is 23.7 Å². The Morgan fingerprint density at radius 1 is 1.33 bits per heavy atom. The number of aliphatic hydroxyl groups excluding tert-OH is 1. The number of carbonyl (C=O) groups excluding carboxylic acids is 1. The average molecular weight is 365 g/mol. The molecule has 7 heteroatoms. The van der Waals surface area contributed by atoms with E-state index in [1.807, 2.05) is 30.3 Å². The second-order valence-electron chi connectivity index (χ2n) is 6.66. The van der Waals surface area contributed by atoms with Crippen molar-refractivity contribution in [3.63, 3.8) is 0 Å². The van der Waals surface area contributed by atoms with Crippen LogP contribution in [0.25, 0.3) is 22.3 Å². The van der Waals surface area contributed by atoms with E-state index >= 15 is 0 Å². The highest BCUT2D eigenvalue weighted by Gasteiger charge is 2.35. The summed E-state index contributed by atoms with van der Waals surface area (Å²) in [5.74, 6) is -1.71. The first-order valence-corrected chi connectivity index (χ1v) is 8.61. The van der Waals surface area contributed by atoms with Gasteiger partial charge in [0.15, 0.2) is 0 Å². The van der Waals surface area contributed by atoms with Crippen LogP contribution in [0, 0.1) is 0 Å². The molecule has 1 aliphatic heterocycles. The predicted molar refractivity (Wildman–Crippen MR) is 95.7 cm³/mol. The van der Waals surface area contributed by atoms with Crippen LogP contribution in [0.2, 0.25) is 0 Å². The third kappa shape index (κ3) is 2.39. The van der Waals surface area contributed by atoms with Gasteiger partial charge in [0.25, 0.3) is 5.56 Å². The summed E-state index contributed by atoms with van der Waals surface area (Å²) < 4.78 is 1.44. The lowest BCUT2D eigenvalue weighted by atomic mass is 9.87. The predicted octanol–water partition coefficient (Wildman–Crippen LogP) is 0.265. The van der Waals surface area contributed by atoms with Crippen LogP contribution < -0.4 is 10.7 Å². The number of aliphatic carboxylic acids is 1. The maximum absolute atomic E-state index is 12.9. The van der Waals surface area contributed by atoms with Gasteiger partial charge in [-0.3, -0.25) is 4.79 Å². The molecule has 2 N–H and O–H groups in total. The summed E-state index contributed by atoms with van der Waals surface area (Å²) >= 11 is 0. The Balaban J connectivity index is 2.03. The lowest BCUT2D eigenvalue weighted by molar-refractivity contribution is -0.326. The standard InChI is InChI=1S/C20H18N2O5/c1-2-20(27,19(25)26)14-8-16-17-12(9-22(16)18(24)13(14)10-23)7-11-5-3-4-6-15(11)21-17/h3-8,23,27H,2,9-10H2,1H3,(H,25,26)/p-1/t20-/m0/s1. The van der Waals surface area contributed by atoms with E-state index in [1.165, 1.54) is 17.6 Å². The fourth-order valence-corrected chi connectivity index (χ4v) is 3.68. The van der Waals surface area contributed by atoms with Crippen LogP contribution in [0.3, 0.4) is 0 Å². The summed E-state index contributed by atoms with van der Waals surface area (Å²) in [6, 6.07) is 10.9. The largest absolute Gasteiger partial charge is 0.547 e. The van der Waals surface area contributed by atoms with Crippen LogP contribution >= 0.6 is 0 Å². The molecule has 138 valence electrons. The summed E-state index contributed by atoms with van der Waals surface area (Å²) in [7, 11) is 0. The van der Waals surface area contributed by atoms with Crippen LogP contribution in [0.1, 0.15) is 30.0 Å². The number of pyridine rings is 2. The normalized spacial score (nSPS) is 14.6. The van der Waals surface area contributed by atoms with Gasteiger partial charge < -0.3 is 24.7 Å². The molecular weight excluding hydrogens is 348 g/mol. The highest BCUT2D eigenvalue weighted by Crippen LogP contribution is 2.35. The first-order chi connectivity index (χ1) is 12.9. The van der Waals surface area contributed by atoms with Crippen molar-refractivity contribution in [3.8, 4) is 11.4 Å². The molecule has 0 amide bonds. The zero-order valence-corrected chi connectivity index (χ0v) is 14.6. The maximum atomic E-state index is 12.9. The molecule has 1 aliphatic rings. The first-order valence-electron chi connectivity index (χ1n) is 8.61. The number of carbonyl (C=O) groups is 1. The van der Waals surface area contributed by atoms with Gasteiger partial charge in [0, 0.05) is 22.1 Å². The number of aliphatic hydroxyl groups is 2. The van der Waals surface area contributed by atoms with Crippen molar-refractivity contribution in [1.82, 2.24) is 9.55 Å². The minimum absolute atomic E-state index is 0.147. The van der Waals surface area contributed by atoms with Crippen LogP contribution in [0.5, 0.6) is 0 Å². The van der Waals surface area contributed by atoms with E-state index in [9.17, 15) is 24.9 Å². The molecule has 0 saturated heterocycles. The van der Waals surface area contributed by atoms with Crippen molar-refractivity contribution in [2.45, 2.75) is 32.1 Å². The summed E-state index contributed by atoms with van der Waals surface area (Å²) in [5.41, 5.74) is -0.659. The molecule has 4 rings (SSSR count). The molecule has 0 fully saturated rings. The molecule has 0 unspecified atom stereocenters. The molecule has 1 atom stereocenters. The van der Waals surface area contributed by atoms with Crippen molar-refractivity contribution >= 4 is 16.9 Å². The highest BCUT2D eigenvalue weighted by molar-refractivity contribution is 5.84. The third-order valence-corrected chi connectivity index (χ3v) is 5.23. The number of hydrogen-bond acceptors (Lipinski definition) is 6. The Hall–Kier alpha value is -3.03. The minimum Gasteiger partial charge on any atom is -0.547 e. The number of para-hydroxylation sites is 1. The Morgan fingerprint density at radius 3 is 2.74 bits per heavy atom. The molecule has 27 heavy (non-hydrogen) atoms. The fourth-order valence-electron chi connectivity index (χ4n) is 3.68. The molecule has 1 aromatic carbocycles. The molecule has 3 aromatic rings. The molecule has 0 radical (unpaired) electrons. The van der Waals surface area contributed by atoms with Gasteiger partial charge in [0.2, 0.25) is 0 Å². The first kappa shape index (κ1) is 17.4. The number of nitrogens with zero attached hydrogens (tertiary/aromatic N) is 2. The molecule has 3 heterocycles.